The minimum absolute atomic E-state index is 0.425. The second-order valence-electron chi connectivity index (χ2n) is 7.17. The molecule has 153 valence electrons. The molecule has 0 fully saturated rings. The normalized spacial score (nSPS) is 11.0. The number of benzene rings is 4. The van der Waals surface area contributed by atoms with Crippen LogP contribution in [0.15, 0.2) is 103 Å². The van der Waals surface area contributed by atoms with Gasteiger partial charge in [-0.3, -0.25) is 4.79 Å². The fraction of sp³-hybridized carbons (Fsp3) is 0.107. The summed E-state index contributed by atoms with van der Waals surface area (Å²) in [6.07, 6.45) is 2.15. The Hall–Kier alpha value is -3.85. The van der Waals surface area contributed by atoms with Crippen LogP contribution in [0.5, 0.6) is 11.5 Å². The lowest BCUT2D eigenvalue weighted by molar-refractivity contribution is 0.349. The maximum absolute atomic E-state index is 12.2. The summed E-state index contributed by atoms with van der Waals surface area (Å²) in [6.45, 7) is 0. The lowest BCUT2D eigenvalue weighted by Gasteiger charge is -2.38. The topological polar surface area (TPSA) is 35.5 Å². The fourth-order valence-corrected chi connectivity index (χ4v) is 4.38. The first-order valence-electron chi connectivity index (χ1n) is 10.1. The third kappa shape index (κ3) is 3.38. The predicted octanol–water partition coefficient (Wildman–Crippen LogP) is 5.54. The second kappa shape index (κ2) is 8.88. The van der Waals surface area contributed by atoms with E-state index in [4.69, 9.17) is 9.47 Å². The van der Waals surface area contributed by atoms with Gasteiger partial charge in [-0.05, 0) is 28.8 Å². The van der Waals surface area contributed by atoms with Crippen molar-refractivity contribution >= 4 is 6.29 Å². The van der Waals surface area contributed by atoms with Gasteiger partial charge >= 0.3 is 0 Å². The van der Waals surface area contributed by atoms with E-state index in [1.807, 2.05) is 54.6 Å². The van der Waals surface area contributed by atoms with Gasteiger partial charge in [0.05, 0.1) is 19.6 Å². The molecule has 0 aromatic heterocycles. The third-order valence-electron chi connectivity index (χ3n) is 5.65. The minimum Gasteiger partial charge on any atom is -0.493 e. The number of hydrogen-bond acceptors (Lipinski definition) is 3. The summed E-state index contributed by atoms with van der Waals surface area (Å²) >= 11 is 0. The van der Waals surface area contributed by atoms with Crippen LogP contribution in [-0.2, 0) is 10.2 Å². The first kappa shape index (κ1) is 20.4. The highest BCUT2D eigenvalue weighted by molar-refractivity contribution is 5.84. The first-order chi connectivity index (χ1) is 15.3. The summed E-state index contributed by atoms with van der Waals surface area (Å²) < 4.78 is 11.5. The van der Waals surface area contributed by atoms with Gasteiger partial charge in [0.15, 0.2) is 11.5 Å². The Kier molecular flexibility index (Phi) is 5.85. The molecular weight excluding hydrogens is 384 g/mol. The van der Waals surface area contributed by atoms with Gasteiger partial charge in [-0.1, -0.05) is 91.0 Å². The van der Waals surface area contributed by atoms with Crippen LogP contribution in [-0.4, -0.2) is 20.5 Å². The lowest BCUT2D eigenvalue weighted by atomic mass is 9.63. The fourth-order valence-electron chi connectivity index (χ4n) is 4.38. The molecule has 3 nitrogen and oxygen atoms in total. The maximum atomic E-state index is 12.2. The van der Waals surface area contributed by atoms with Crippen molar-refractivity contribution < 1.29 is 14.3 Å². The smallest absolute Gasteiger partial charge is 0.234 e. The van der Waals surface area contributed by atoms with Gasteiger partial charge in [0.2, 0.25) is 6.29 Å². The van der Waals surface area contributed by atoms with Gasteiger partial charge in [-0.2, -0.15) is 0 Å². The van der Waals surface area contributed by atoms with Gasteiger partial charge in [0.25, 0.3) is 0 Å². The molecule has 1 radical (unpaired) electrons. The van der Waals surface area contributed by atoms with Gasteiger partial charge in [-0.15, -0.1) is 0 Å². The Morgan fingerprint density at radius 3 is 1.42 bits per heavy atom. The summed E-state index contributed by atoms with van der Waals surface area (Å²) in [7, 11) is 3.20. The molecule has 0 aliphatic carbocycles. The molecule has 4 rings (SSSR count). The summed E-state index contributed by atoms with van der Waals surface area (Å²) in [5, 5.41) is 0. The molecule has 0 amide bonds. The van der Waals surface area contributed by atoms with E-state index in [1.54, 1.807) is 26.4 Å². The van der Waals surface area contributed by atoms with E-state index in [9.17, 15) is 4.79 Å². The molecule has 0 saturated heterocycles. The average Bonchev–Trinajstić information content (AvgIpc) is 2.86. The molecule has 0 N–H and O–H groups in total. The van der Waals surface area contributed by atoms with Crippen molar-refractivity contribution in [3.63, 3.8) is 0 Å². The zero-order valence-electron chi connectivity index (χ0n) is 17.5. The lowest BCUT2D eigenvalue weighted by Crippen LogP contribution is -2.33. The molecule has 0 bridgehead atoms. The van der Waals surface area contributed by atoms with Gasteiger partial charge in [-0.25, -0.2) is 0 Å². The average molecular weight is 407 g/mol. The molecule has 0 saturated carbocycles. The molecule has 31 heavy (non-hydrogen) atoms. The zero-order chi connectivity index (χ0) is 21.7. The van der Waals surface area contributed by atoms with Crippen LogP contribution in [0.3, 0.4) is 0 Å². The van der Waals surface area contributed by atoms with Crippen molar-refractivity contribution in [2.24, 2.45) is 0 Å². The SMILES string of the molecule is COc1ccc([C]=O)c(C(c2ccccc2)(c2ccccc2)c2ccccc2)c1OC. The summed E-state index contributed by atoms with van der Waals surface area (Å²) in [5.74, 6) is 1.07. The second-order valence-corrected chi connectivity index (χ2v) is 7.17. The zero-order valence-corrected chi connectivity index (χ0v) is 17.5. The standard InChI is InChI=1S/C28H23O3/c1-30-25-19-18-21(20-29)26(27(25)31-2)28(22-12-6-3-7-13-22,23-14-8-4-9-15-23)24-16-10-5-11-17-24/h3-19H,1-2H3. The highest BCUT2D eigenvalue weighted by Gasteiger charge is 2.43. The molecule has 4 aromatic rings. The molecule has 0 atom stereocenters. The monoisotopic (exact) mass is 407 g/mol. The maximum Gasteiger partial charge on any atom is 0.234 e. The highest BCUT2D eigenvalue weighted by Crippen LogP contribution is 2.51. The van der Waals surface area contributed by atoms with Crippen LogP contribution in [0.25, 0.3) is 0 Å². The number of rotatable bonds is 7. The number of hydrogen-bond donors (Lipinski definition) is 0. The Labute approximate surface area is 182 Å². The number of methoxy groups -OCH3 is 2. The third-order valence-corrected chi connectivity index (χ3v) is 5.65. The molecule has 0 heterocycles. The molecule has 0 aliphatic heterocycles. The van der Waals surface area contributed by atoms with E-state index in [2.05, 4.69) is 42.7 Å². The summed E-state index contributed by atoms with van der Waals surface area (Å²) in [4.78, 5) is 12.2. The summed E-state index contributed by atoms with van der Waals surface area (Å²) in [5.41, 5.74) is 3.33. The van der Waals surface area contributed by atoms with Gasteiger partial charge < -0.3 is 9.47 Å². The Balaban J connectivity index is 2.27. The van der Waals surface area contributed by atoms with E-state index in [0.29, 0.717) is 22.6 Å². The molecular formula is C28H23O3. The van der Waals surface area contributed by atoms with Gasteiger partial charge in [0.1, 0.15) is 0 Å². The van der Waals surface area contributed by atoms with Crippen LogP contribution in [0.1, 0.15) is 27.8 Å². The number of ether oxygens (including phenoxy) is 2. The number of carbonyl (C=O) groups excluding carboxylic acids is 1. The van der Waals surface area contributed by atoms with E-state index in [0.717, 1.165) is 16.7 Å². The Morgan fingerprint density at radius 1 is 0.613 bits per heavy atom. The largest absolute Gasteiger partial charge is 0.493 e. The first-order valence-corrected chi connectivity index (χ1v) is 10.1. The Morgan fingerprint density at radius 2 is 1.06 bits per heavy atom. The predicted molar refractivity (Wildman–Crippen MR) is 123 cm³/mol. The van der Waals surface area contributed by atoms with Crippen LogP contribution >= 0.6 is 0 Å². The molecule has 0 aliphatic rings. The van der Waals surface area contributed by atoms with E-state index in [-0.39, 0.29) is 0 Å². The van der Waals surface area contributed by atoms with Crippen molar-refractivity contribution in [2.75, 3.05) is 14.2 Å². The van der Waals surface area contributed by atoms with Crippen molar-refractivity contribution in [1.82, 2.24) is 0 Å². The molecule has 3 heteroatoms. The van der Waals surface area contributed by atoms with Crippen molar-refractivity contribution in [2.45, 2.75) is 5.41 Å². The van der Waals surface area contributed by atoms with Crippen LogP contribution in [0.4, 0.5) is 0 Å². The van der Waals surface area contributed by atoms with E-state index < -0.39 is 5.41 Å². The van der Waals surface area contributed by atoms with Crippen LogP contribution in [0, 0.1) is 0 Å². The van der Waals surface area contributed by atoms with Crippen molar-refractivity contribution in [1.29, 1.82) is 0 Å². The van der Waals surface area contributed by atoms with Gasteiger partial charge in [0, 0.05) is 11.1 Å². The highest BCUT2D eigenvalue weighted by atomic mass is 16.5. The van der Waals surface area contributed by atoms with Crippen molar-refractivity contribution in [3.8, 4) is 11.5 Å². The van der Waals surface area contributed by atoms with E-state index in [1.165, 1.54) is 0 Å². The minimum atomic E-state index is -0.823. The molecule has 4 aromatic carbocycles. The molecule has 0 spiro atoms. The Bertz CT molecular complexity index is 1060. The quantitative estimate of drug-likeness (QED) is 0.377. The molecule has 0 unspecified atom stereocenters. The van der Waals surface area contributed by atoms with Crippen molar-refractivity contribution in [3.05, 3.63) is 131 Å². The van der Waals surface area contributed by atoms with Crippen LogP contribution in [0.2, 0.25) is 0 Å². The van der Waals surface area contributed by atoms with Crippen LogP contribution < -0.4 is 9.47 Å². The van der Waals surface area contributed by atoms with E-state index >= 15 is 0 Å². The summed E-state index contributed by atoms with van der Waals surface area (Å²) in [6, 6.07) is 33.9.